The first-order valence-corrected chi connectivity index (χ1v) is 6.80. The highest BCUT2D eigenvalue weighted by Gasteiger charge is 2.19. The minimum Gasteiger partial charge on any atom is -0.381 e. The molecular formula is C14H19ClN2O. The molecule has 1 aromatic carbocycles. The van der Waals surface area contributed by atoms with E-state index in [1.54, 1.807) is 18.2 Å². The summed E-state index contributed by atoms with van der Waals surface area (Å²) >= 11 is 6.14. The zero-order valence-electron chi connectivity index (χ0n) is 10.6. The van der Waals surface area contributed by atoms with E-state index in [4.69, 9.17) is 17.3 Å². The van der Waals surface area contributed by atoms with Crippen LogP contribution in [-0.2, 0) is 0 Å². The molecule has 0 radical (unpaired) electrons. The van der Waals surface area contributed by atoms with Gasteiger partial charge in [-0.2, -0.15) is 0 Å². The van der Waals surface area contributed by atoms with Crippen LogP contribution < -0.4 is 11.1 Å². The number of hydrogen-bond acceptors (Lipinski definition) is 2. The normalized spacial score (nSPS) is 23.7. The molecule has 1 aromatic rings. The summed E-state index contributed by atoms with van der Waals surface area (Å²) in [4.78, 5) is 11.2. The predicted octanol–water partition coefficient (Wildman–Crippen LogP) is 3.43. The second kappa shape index (κ2) is 5.61. The number of rotatable bonds is 3. The molecule has 2 rings (SSSR count). The Kier molecular flexibility index (Phi) is 4.12. The number of benzene rings is 1. The van der Waals surface area contributed by atoms with Crippen LogP contribution in [0.1, 0.15) is 43.0 Å². The summed E-state index contributed by atoms with van der Waals surface area (Å²) in [6, 6.07) is 5.55. The van der Waals surface area contributed by atoms with Gasteiger partial charge < -0.3 is 11.1 Å². The van der Waals surface area contributed by atoms with Crippen LogP contribution >= 0.6 is 11.6 Å². The molecule has 2 unspecified atom stereocenters. The summed E-state index contributed by atoms with van der Waals surface area (Å²) in [6.45, 7) is 2.27. The third-order valence-corrected chi connectivity index (χ3v) is 3.88. The summed E-state index contributed by atoms with van der Waals surface area (Å²) in [5, 5.41) is 4.07. The molecule has 1 amide bonds. The molecule has 18 heavy (non-hydrogen) atoms. The molecule has 1 aliphatic carbocycles. The van der Waals surface area contributed by atoms with Gasteiger partial charge in [0.25, 0.3) is 0 Å². The van der Waals surface area contributed by atoms with E-state index in [0.29, 0.717) is 16.6 Å². The summed E-state index contributed by atoms with van der Waals surface area (Å²) < 4.78 is 0. The molecule has 0 saturated heterocycles. The van der Waals surface area contributed by atoms with E-state index >= 15 is 0 Å². The van der Waals surface area contributed by atoms with Gasteiger partial charge in [-0.1, -0.05) is 31.4 Å². The monoisotopic (exact) mass is 266 g/mol. The Morgan fingerprint density at radius 2 is 2.22 bits per heavy atom. The van der Waals surface area contributed by atoms with E-state index in [9.17, 15) is 4.79 Å². The van der Waals surface area contributed by atoms with Gasteiger partial charge >= 0.3 is 0 Å². The van der Waals surface area contributed by atoms with E-state index in [-0.39, 0.29) is 0 Å². The van der Waals surface area contributed by atoms with E-state index in [0.717, 1.165) is 24.4 Å². The molecule has 0 heterocycles. The number of carbonyl (C=O) groups excluding carboxylic acids is 1. The van der Waals surface area contributed by atoms with Gasteiger partial charge in [-0.05, 0) is 37.0 Å². The quantitative estimate of drug-likeness (QED) is 0.881. The molecule has 4 heteroatoms. The van der Waals surface area contributed by atoms with Crippen molar-refractivity contribution in [2.24, 2.45) is 11.7 Å². The summed E-state index contributed by atoms with van der Waals surface area (Å²) in [6.07, 6.45) is 4.85. The van der Waals surface area contributed by atoms with Gasteiger partial charge in [0.2, 0.25) is 5.91 Å². The maximum absolute atomic E-state index is 11.2. The zero-order valence-corrected chi connectivity index (χ0v) is 11.3. The van der Waals surface area contributed by atoms with Crippen molar-refractivity contribution >= 4 is 23.2 Å². The van der Waals surface area contributed by atoms with Crippen molar-refractivity contribution in [3.63, 3.8) is 0 Å². The largest absolute Gasteiger partial charge is 0.381 e. The fourth-order valence-electron chi connectivity index (χ4n) is 2.57. The molecule has 1 saturated carbocycles. The Labute approximate surface area is 113 Å². The number of carbonyl (C=O) groups is 1. The predicted molar refractivity (Wildman–Crippen MR) is 75.0 cm³/mol. The van der Waals surface area contributed by atoms with Crippen LogP contribution in [0.4, 0.5) is 5.69 Å². The van der Waals surface area contributed by atoms with Gasteiger partial charge in [-0.3, -0.25) is 4.79 Å². The van der Waals surface area contributed by atoms with Gasteiger partial charge in [0, 0.05) is 11.6 Å². The Morgan fingerprint density at radius 1 is 1.44 bits per heavy atom. The number of nitrogens with one attached hydrogen (secondary N) is 1. The molecule has 3 nitrogen and oxygen atoms in total. The Bertz CT molecular complexity index is 447. The lowest BCUT2D eigenvalue weighted by molar-refractivity contribution is 0.100. The second-order valence-corrected chi connectivity index (χ2v) is 5.58. The fraction of sp³-hybridized carbons (Fsp3) is 0.500. The van der Waals surface area contributed by atoms with Gasteiger partial charge in [-0.15, -0.1) is 0 Å². The second-order valence-electron chi connectivity index (χ2n) is 5.17. The lowest BCUT2D eigenvalue weighted by Crippen LogP contribution is -2.26. The first kappa shape index (κ1) is 13.2. The topological polar surface area (TPSA) is 55.1 Å². The average Bonchev–Trinajstić information content (AvgIpc) is 2.31. The van der Waals surface area contributed by atoms with Crippen molar-refractivity contribution in [3.8, 4) is 0 Å². The van der Waals surface area contributed by atoms with E-state index in [1.165, 1.54) is 12.8 Å². The number of hydrogen-bond donors (Lipinski definition) is 2. The molecule has 0 aromatic heterocycles. The molecule has 1 aliphatic rings. The van der Waals surface area contributed by atoms with Gasteiger partial charge in [0.15, 0.2) is 0 Å². The van der Waals surface area contributed by atoms with Gasteiger partial charge in [0.1, 0.15) is 0 Å². The zero-order chi connectivity index (χ0) is 13.1. The van der Waals surface area contributed by atoms with Crippen molar-refractivity contribution in [2.75, 3.05) is 5.32 Å². The maximum Gasteiger partial charge on any atom is 0.248 e. The van der Waals surface area contributed by atoms with Crippen LogP contribution in [-0.4, -0.2) is 11.9 Å². The van der Waals surface area contributed by atoms with E-state index in [2.05, 4.69) is 12.2 Å². The van der Waals surface area contributed by atoms with Crippen LogP contribution in [0.25, 0.3) is 0 Å². The highest BCUT2D eigenvalue weighted by atomic mass is 35.5. The van der Waals surface area contributed by atoms with Crippen LogP contribution in [0.3, 0.4) is 0 Å². The number of anilines is 1. The van der Waals surface area contributed by atoms with Crippen molar-refractivity contribution in [3.05, 3.63) is 28.8 Å². The highest BCUT2D eigenvalue weighted by molar-refractivity contribution is 6.33. The van der Waals surface area contributed by atoms with Crippen LogP contribution in [0.2, 0.25) is 5.02 Å². The molecule has 0 bridgehead atoms. The standard InChI is InChI=1S/C14H19ClN2O/c1-9-3-2-4-11(7-9)17-13-8-10(14(16)18)5-6-12(13)15/h5-6,8-9,11,17H,2-4,7H2,1H3,(H2,16,18). The van der Waals surface area contributed by atoms with Crippen LogP contribution in [0, 0.1) is 5.92 Å². The third-order valence-electron chi connectivity index (χ3n) is 3.55. The minimum atomic E-state index is -0.424. The van der Waals surface area contributed by atoms with Crippen molar-refractivity contribution in [2.45, 2.75) is 38.6 Å². The minimum absolute atomic E-state index is 0.424. The molecule has 98 valence electrons. The number of nitrogens with two attached hydrogens (primary N) is 1. The number of primary amides is 1. The molecule has 0 spiro atoms. The summed E-state index contributed by atoms with van der Waals surface area (Å²) in [7, 11) is 0. The van der Waals surface area contributed by atoms with Crippen LogP contribution in [0.5, 0.6) is 0 Å². The molecular weight excluding hydrogens is 248 g/mol. The smallest absolute Gasteiger partial charge is 0.248 e. The lowest BCUT2D eigenvalue weighted by Gasteiger charge is -2.28. The highest BCUT2D eigenvalue weighted by Crippen LogP contribution is 2.29. The Hall–Kier alpha value is -1.22. The fourth-order valence-corrected chi connectivity index (χ4v) is 2.75. The molecule has 0 aliphatic heterocycles. The van der Waals surface area contributed by atoms with E-state index < -0.39 is 5.91 Å². The van der Waals surface area contributed by atoms with Crippen molar-refractivity contribution in [1.29, 1.82) is 0 Å². The SMILES string of the molecule is CC1CCCC(Nc2cc(C(N)=O)ccc2Cl)C1. The lowest BCUT2D eigenvalue weighted by atomic mass is 9.87. The maximum atomic E-state index is 11.2. The molecule has 3 N–H and O–H groups in total. The average molecular weight is 267 g/mol. The van der Waals surface area contributed by atoms with Gasteiger partial charge in [0.05, 0.1) is 10.7 Å². The summed E-state index contributed by atoms with van der Waals surface area (Å²) in [5.74, 6) is 0.320. The summed E-state index contributed by atoms with van der Waals surface area (Å²) in [5.41, 5.74) is 6.58. The van der Waals surface area contributed by atoms with E-state index in [1.807, 2.05) is 0 Å². The number of amides is 1. The third kappa shape index (κ3) is 3.16. The Morgan fingerprint density at radius 3 is 2.89 bits per heavy atom. The Balaban J connectivity index is 2.12. The van der Waals surface area contributed by atoms with Gasteiger partial charge in [-0.25, -0.2) is 0 Å². The van der Waals surface area contributed by atoms with Crippen molar-refractivity contribution < 1.29 is 4.79 Å². The molecule has 2 atom stereocenters. The van der Waals surface area contributed by atoms with Crippen molar-refractivity contribution in [1.82, 2.24) is 0 Å². The van der Waals surface area contributed by atoms with Crippen LogP contribution in [0.15, 0.2) is 18.2 Å². The number of halogens is 1. The molecule has 1 fully saturated rings. The first-order chi connectivity index (χ1) is 8.56. The first-order valence-electron chi connectivity index (χ1n) is 6.42.